The summed E-state index contributed by atoms with van der Waals surface area (Å²) in [4.78, 5) is 11.6. The summed E-state index contributed by atoms with van der Waals surface area (Å²) < 4.78 is 0. The maximum Gasteiger partial charge on any atom is 0.155 e. The Morgan fingerprint density at radius 2 is 1.00 bits per heavy atom. The molecule has 108 valence electrons. The van der Waals surface area contributed by atoms with Crippen LogP contribution in [-0.2, 0) is 12.8 Å². The van der Waals surface area contributed by atoms with Gasteiger partial charge in [-0.2, -0.15) is 0 Å². The van der Waals surface area contributed by atoms with Crippen molar-refractivity contribution in [2.24, 2.45) is 0 Å². The Balaban J connectivity index is 1.55. The van der Waals surface area contributed by atoms with Crippen molar-refractivity contribution >= 4 is 32.3 Å². The van der Waals surface area contributed by atoms with Crippen LogP contribution in [0.1, 0.15) is 21.1 Å². The van der Waals surface area contributed by atoms with Gasteiger partial charge in [-0.15, -0.1) is 0 Å². The lowest BCUT2D eigenvalue weighted by Gasteiger charge is -1.97. The van der Waals surface area contributed by atoms with E-state index in [2.05, 4.69) is 48.5 Å². The summed E-state index contributed by atoms with van der Waals surface area (Å²) in [5.74, 6) is 0. The summed E-state index contributed by atoms with van der Waals surface area (Å²) in [5.41, 5.74) is 2.60. The number of fused-ring (bicyclic) bond motifs is 1. The number of hydrogen-bond acceptors (Lipinski definition) is 4. The number of rotatable bonds is 4. The lowest BCUT2D eigenvalue weighted by molar-refractivity contribution is 1.16. The molecule has 0 N–H and O–H groups in total. The van der Waals surface area contributed by atoms with Crippen molar-refractivity contribution in [2.75, 3.05) is 0 Å². The zero-order chi connectivity index (χ0) is 14.8. The van der Waals surface area contributed by atoms with Gasteiger partial charge in [0.25, 0.3) is 0 Å². The quantitative estimate of drug-likeness (QED) is 0.532. The van der Waals surface area contributed by atoms with E-state index in [0.717, 1.165) is 32.5 Å². The Hall–Kier alpha value is -2.04. The minimum atomic E-state index is 0.891. The first-order valence-corrected chi connectivity index (χ1v) is 8.83. The van der Waals surface area contributed by atoms with Crippen molar-refractivity contribution in [1.29, 1.82) is 0 Å². The standard InChI is InChI=1S/C18H14N2S2/c1-3-7-13(8-4-1)11-15-19-17-18(21-15)20-16(22-17)12-14-9-5-2-6-10-14/h1-10H,11-12H2. The lowest BCUT2D eigenvalue weighted by atomic mass is 10.2. The molecule has 22 heavy (non-hydrogen) atoms. The number of nitrogens with zero attached hydrogens (tertiary/aromatic N) is 2. The summed E-state index contributed by atoms with van der Waals surface area (Å²) in [6.45, 7) is 0. The van der Waals surface area contributed by atoms with Gasteiger partial charge in [-0.3, -0.25) is 0 Å². The van der Waals surface area contributed by atoms with Gasteiger partial charge in [-0.25, -0.2) is 9.97 Å². The smallest absolute Gasteiger partial charge is 0.155 e. The second kappa shape index (κ2) is 5.99. The summed E-state index contributed by atoms with van der Waals surface area (Å²) in [5, 5.41) is 2.29. The molecule has 0 fully saturated rings. The molecule has 4 rings (SSSR count). The van der Waals surface area contributed by atoms with Crippen molar-refractivity contribution in [3.8, 4) is 0 Å². The van der Waals surface area contributed by atoms with Crippen LogP contribution in [0, 0.1) is 0 Å². The van der Waals surface area contributed by atoms with E-state index < -0.39 is 0 Å². The van der Waals surface area contributed by atoms with Crippen molar-refractivity contribution < 1.29 is 0 Å². The highest BCUT2D eigenvalue weighted by atomic mass is 32.1. The molecule has 0 amide bonds. The Kier molecular flexibility index (Phi) is 3.70. The van der Waals surface area contributed by atoms with Gasteiger partial charge in [0.2, 0.25) is 0 Å². The highest BCUT2D eigenvalue weighted by molar-refractivity contribution is 7.26. The SMILES string of the molecule is c1ccc(Cc2nc3sc(Cc4ccccc4)nc3s2)cc1. The van der Waals surface area contributed by atoms with Gasteiger partial charge >= 0.3 is 0 Å². The molecule has 0 bridgehead atoms. The minimum Gasteiger partial charge on any atom is -0.228 e. The maximum atomic E-state index is 4.74. The summed E-state index contributed by atoms with van der Waals surface area (Å²) in [7, 11) is 0. The van der Waals surface area contributed by atoms with Crippen LogP contribution >= 0.6 is 22.7 Å². The normalized spacial score (nSPS) is 11.1. The van der Waals surface area contributed by atoms with Gasteiger partial charge in [0.15, 0.2) is 9.66 Å². The molecule has 0 aliphatic heterocycles. The topological polar surface area (TPSA) is 25.8 Å². The zero-order valence-electron chi connectivity index (χ0n) is 11.9. The predicted molar refractivity (Wildman–Crippen MR) is 93.8 cm³/mol. The Morgan fingerprint density at radius 1 is 0.591 bits per heavy atom. The molecule has 2 aromatic heterocycles. The second-order valence-corrected chi connectivity index (χ2v) is 7.27. The van der Waals surface area contributed by atoms with Crippen molar-refractivity contribution in [3.05, 3.63) is 81.8 Å². The predicted octanol–water partition coefficient (Wildman–Crippen LogP) is 4.93. The van der Waals surface area contributed by atoms with E-state index in [1.807, 2.05) is 12.1 Å². The summed E-state index contributed by atoms with van der Waals surface area (Å²) in [6, 6.07) is 20.9. The van der Waals surface area contributed by atoms with E-state index >= 15 is 0 Å². The van der Waals surface area contributed by atoms with Gasteiger partial charge < -0.3 is 0 Å². The molecule has 0 aliphatic rings. The molecule has 4 aromatic rings. The fourth-order valence-electron chi connectivity index (χ4n) is 2.42. The molecule has 2 nitrogen and oxygen atoms in total. The number of aromatic nitrogens is 2. The molecular formula is C18H14N2S2. The molecule has 0 unspecified atom stereocenters. The van der Waals surface area contributed by atoms with E-state index in [-0.39, 0.29) is 0 Å². The highest BCUT2D eigenvalue weighted by Crippen LogP contribution is 2.29. The van der Waals surface area contributed by atoms with Gasteiger partial charge in [-0.1, -0.05) is 83.3 Å². The molecule has 0 radical (unpaired) electrons. The third-order valence-corrected chi connectivity index (χ3v) is 5.49. The van der Waals surface area contributed by atoms with Crippen molar-refractivity contribution in [2.45, 2.75) is 12.8 Å². The third-order valence-electron chi connectivity index (χ3n) is 3.46. The molecule has 2 aromatic carbocycles. The molecule has 0 aliphatic carbocycles. The summed E-state index contributed by atoms with van der Waals surface area (Å²) in [6.07, 6.45) is 1.78. The maximum absolute atomic E-state index is 4.74. The van der Waals surface area contributed by atoms with Crippen LogP contribution < -0.4 is 0 Å². The van der Waals surface area contributed by atoms with Gasteiger partial charge in [0.05, 0.1) is 0 Å². The fourth-order valence-corrected chi connectivity index (χ4v) is 4.56. The fraction of sp³-hybridized carbons (Fsp3) is 0.111. The minimum absolute atomic E-state index is 0.891. The first-order valence-electron chi connectivity index (χ1n) is 7.20. The van der Waals surface area contributed by atoms with E-state index in [9.17, 15) is 0 Å². The van der Waals surface area contributed by atoms with Crippen LogP contribution in [0.2, 0.25) is 0 Å². The first kappa shape index (κ1) is 13.6. The number of benzene rings is 2. The van der Waals surface area contributed by atoms with Crippen molar-refractivity contribution in [3.63, 3.8) is 0 Å². The van der Waals surface area contributed by atoms with E-state index in [1.54, 1.807) is 22.7 Å². The Labute approximate surface area is 137 Å². The molecule has 0 saturated carbocycles. The largest absolute Gasteiger partial charge is 0.228 e. The van der Waals surface area contributed by atoms with E-state index in [1.165, 1.54) is 11.1 Å². The average molecular weight is 322 g/mol. The zero-order valence-corrected chi connectivity index (χ0v) is 13.5. The van der Waals surface area contributed by atoms with Gasteiger partial charge in [-0.05, 0) is 11.1 Å². The number of thiazole rings is 2. The molecule has 0 atom stereocenters. The van der Waals surface area contributed by atoms with Crippen LogP contribution in [0.5, 0.6) is 0 Å². The Bertz CT molecular complexity index is 777. The Morgan fingerprint density at radius 3 is 1.41 bits per heavy atom. The van der Waals surface area contributed by atoms with E-state index in [4.69, 9.17) is 9.97 Å². The molecule has 2 heterocycles. The highest BCUT2D eigenvalue weighted by Gasteiger charge is 2.11. The average Bonchev–Trinajstić information content (AvgIpc) is 3.07. The molecule has 0 saturated heterocycles. The third kappa shape index (κ3) is 2.93. The monoisotopic (exact) mass is 322 g/mol. The van der Waals surface area contributed by atoms with Crippen LogP contribution in [0.3, 0.4) is 0 Å². The van der Waals surface area contributed by atoms with Gasteiger partial charge in [0, 0.05) is 12.8 Å². The summed E-state index contributed by atoms with van der Waals surface area (Å²) >= 11 is 3.42. The molecular weight excluding hydrogens is 308 g/mol. The van der Waals surface area contributed by atoms with Crippen LogP contribution in [0.15, 0.2) is 60.7 Å². The van der Waals surface area contributed by atoms with Gasteiger partial charge in [0.1, 0.15) is 10.0 Å². The van der Waals surface area contributed by atoms with Crippen LogP contribution in [0.25, 0.3) is 9.66 Å². The second-order valence-electron chi connectivity index (χ2n) is 5.15. The molecule has 0 spiro atoms. The number of hydrogen-bond donors (Lipinski definition) is 0. The van der Waals surface area contributed by atoms with Crippen molar-refractivity contribution in [1.82, 2.24) is 9.97 Å². The van der Waals surface area contributed by atoms with E-state index in [0.29, 0.717) is 0 Å². The van der Waals surface area contributed by atoms with Crippen LogP contribution in [0.4, 0.5) is 0 Å². The molecule has 4 heteroatoms. The lowest BCUT2D eigenvalue weighted by Crippen LogP contribution is -1.86. The first-order chi connectivity index (χ1) is 10.9. The van der Waals surface area contributed by atoms with Crippen LogP contribution in [-0.4, -0.2) is 9.97 Å².